The molecule has 10 nitrogen and oxygen atoms in total. The lowest BCUT2D eigenvalue weighted by molar-refractivity contribution is -0.155. The maximum Gasteiger partial charge on any atom is 0.326 e. The van der Waals surface area contributed by atoms with Gasteiger partial charge in [0.2, 0.25) is 17.7 Å². The molecule has 3 saturated heterocycles. The second-order valence-corrected chi connectivity index (χ2v) is 10.4. The summed E-state index contributed by atoms with van der Waals surface area (Å²) in [6.07, 6.45) is 4.28. The molecule has 35 heavy (non-hydrogen) atoms. The van der Waals surface area contributed by atoms with Crippen LogP contribution in [0, 0.1) is 5.92 Å². The number of nitrogens with zero attached hydrogens (tertiary/aromatic N) is 2. The van der Waals surface area contributed by atoms with Crippen LogP contribution >= 0.6 is 11.6 Å². The Labute approximate surface area is 212 Å². The van der Waals surface area contributed by atoms with Crippen molar-refractivity contribution in [2.45, 2.75) is 95.1 Å². The average Bonchev–Trinajstić information content (AvgIpc) is 3.36. The van der Waals surface area contributed by atoms with Gasteiger partial charge in [-0.1, -0.05) is 13.8 Å². The third kappa shape index (κ3) is 6.27. The Morgan fingerprint density at radius 1 is 1.03 bits per heavy atom. The molecular weight excluding hydrogens is 476 g/mol. The largest absolute Gasteiger partial charge is 0.480 e. The van der Waals surface area contributed by atoms with Crippen LogP contribution in [0.15, 0.2) is 0 Å². The Balaban J connectivity index is 1.71. The molecule has 0 bridgehead atoms. The Morgan fingerprint density at radius 3 is 2.34 bits per heavy atom. The molecule has 3 rings (SSSR count). The summed E-state index contributed by atoms with van der Waals surface area (Å²) in [5, 5.41) is 15.7. The molecule has 3 aliphatic rings. The van der Waals surface area contributed by atoms with Gasteiger partial charge in [0.15, 0.2) is 0 Å². The third-order valence-electron chi connectivity index (χ3n) is 7.51. The first kappa shape index (κ1) is 27.7. The second kappa shape index (κ2) is 12.4. The Hall–Kier alpha value is -1.91. The Bertz CT molecular complexity index is 796. The molecule has 198 valence electrons. The quantitative estimate of drug-likeness (QED) is 0.411. The van der Waals surface area contributed by atoms with E-state index in [0.29, 0.717) is 51.1 Å². The number of methoxy groups -OCH3 is 1. The molecule has 0 aliphatic carbocycles. The Morgan fingerprint density at radius 2 is 1.71 bits per heavy atom. The molecule has 0 aromatic rings. The van der Waals surface area contributed by atoms with E-state index in [1.165, 1.54) is 4.90 Å². The van der Waals surface area contributed by atoms with Crippen molar-refractivity contribution in [3.8, 4) is 0 Å². The molecule has 6 atom stereocenters. The van der Waals surface area contributed by atoms with E-state index >= 15 is 0 Å². The minimum atomic E-state index is -1.01. The van der Waals surface area contributed by atoms with E-state index in [1.807, 2.05) is 13.8 Å². The lowest BCUT2D eigenvalue weighted by Crippen LogP contribution is -2.62. The van der Waals surface area contributed by atoms with Gasteiger partial charge in [-0.15, -0.1) is 11.6 Å². The van der Waals surface area contributed by atoms with Crippen LogP contribution in [0.5, 0.6) is 0 Å². The summed E-state index contributed by atoms with van der Waals surface area (Å²) in [4.78, 5) is 54.8. The SMILES string of the molecule is CO[C@H]1CC[C@@H](C(=O)N[C@H](C(=O)N2CCCC[C@H]2C(=O)N2CCC[C@H]2C(=O)O)C(C)C)N[C@@H]1CCl. The molecule has 3 heterocycles. The number of piperidine rings is 2. The molecule has 0 aromatic carbocycles. The summed E-state index contributed by atoms with van der Waals surface area (Å²) in [6, 6.07) is -2.98. The van der Waals surface area contributed by atoms with E-state index in [-0.39, 0.29) is 35.8 Å². The molecule has 3 aliphatic heterocycles. The van der Waals surface area contributed by atoms with Crippen LogP contribution in [0.3, 0.4) is 0 Å². The predicted molar refractivity (Wildman–Crippen MR) is 130 cm³/mol. The highest BCUT2D eigenvalue weighted by atomic mass is 35.5. The molecular formula is C24H39ClN4O6. The summed E-state index contributed by atoms with van der Waals surface area (Å²) >= 11 is 6.05. The summed E-state index contributed by atoms with van der Waals surface area (Å²) in [7, 11) is 1.62. The van der Waals surface area contributed by atoms with E-state index < -0.39 is 30.1 Å². The number of carbonyl (C=O) groups is 4. The van der Waals surface area contributed by atoms with Crippen LogP contribution in [-0.2, 0) is 23.9 Å². The minimum absolute atomic E-state index is 0.0700. The second-order valence-electron chi connectivity index (χ2n) is 10.1. The maximum atomic E-state index is 13.7. The summed E-state index contributed by atoms with van der Waals surface area (Å²) in [5.74, 6) is -1.77. The zero-order valence-electron chi connectivity index (χ0n) is 20.9. The van der Waals surface area contributed by atoms with Crippen molar-refractivity contribution in [1.29, 1.82) is 0 Å². The summed E-state index contributed by atoms with van der Waals surface area (Å²) in [6.45, 7) is 4.52. The monoisotopic (exact) mass is 514 g/mol. The first-order chi connectivity index (χ1) is 16.7. The van der Waals surface area contributed by atoms with Crippen molar-refractivity contribution < 1.29 is 29.0 Å². The smallest absolute Gasteiger partial charge is 0.326 e. The molecule has 0 saturated carbocycles. The number of carboxylic acid groups (broad SMARTS) is 1. The molecule has 0 aromatic heterocycles. The lowest BCUT2D eigenvalue weighted by atomic mass is 9.94. The number of carbonyl (C=O) groups excluding carboxylic acids is 3. The number of aliphatic carboxylic acids is 1. The standard InChI is InChI=1S/C24H39ClN4O6/c1-14(2)20(27-21(30)15-9-10-19(35-3)16(13-25)26-15)23(32)28-11-5-4-7-17(28)22(31)29-12-6-8-18(29)24(33)34/h14-20,26H,4-13H2,1-3H3,(H,27,30)(H,33,34)/t15-,16+,17-,18-,19-,20-/m0/s1. The first-order valence-electron chi connectivity index (χ1n) is 12.7. The van der Waals surface area contributed by atoms with Gasteiger partial charge in [-0.2, -0.15) is 0 Å². The Kier molecular flexibility index (Phi) is 9.77. The highest BCUT2D eigenvalue weighted by Gasteiger charge is 2.43. The van der Waals surface area contributed by atoms with E-state index in [4.69, 9.17) is 16.3 Å². The van der Waals surface area contributed by atoms with E-state index in [1.54, 1.807) is 12.0 Å². The fraction of sp³-hybridized carbons (Fsp3) is 0.833. The van der Waals surface area contributed by atoms with Gasteiger partial charge >= 0.3 is 5.97 Å². The highest BCUT2D eigenvalue weighted by Crippen LogP contribution is 2.26. The average molecular weight is 515 g/mol. The maximum absolute atomic E-state index is 13.7. The molecule has 3 fully saturated rings. The van der Waals surface area contributed by atoms with Crippen molar-refractivity contribution in [2.24, 2.45) is 5.92 Å². The van der Waals surface area contributed by atoms with Gasteiger partial charge in [0.25, 0.3) is 0 Å². The normalized spacial score (nSPS) is 30.3. The van der Waals surface area contributed by atoms with E-state index in [0.717, 1.165) is 12.8 Å². The van der Waals surface area contributed by atoms with Crippen molar-refractivity contribution in [3.63, 3.8) is 0 Å². The molecule has 3 N–H and O–H groups in total. The number of halogens is 1. The van der Waals surface area contributed by atoms with Crippen molar-refractivity contribution in [3.05, 3.63) is 0 Å². The van der Waals surface area contributed by atoms with Gasteiger partial charge in [-0.25, -0.2) is 4.79 Å². The third-order valence-corrected chi connectivity index (χ3v) is 7.84. The number of ether oxygens (including phenoxy) is 1. The number of rotatable bonds is 8. The van der Waals surface area contributed by atoms with E-state index in [9.17, 15) is 24.3 Å². The minimum Gasteiger partial charge on any atom is -0.480 e. The predicted octanol–water partition coefficient (Wildman–Crippen LogP) is 0.958. The molecule has 0 radical (unpaired) electrons. The lowest BCUT2D eigenvalue weighted by Gasteiger charge is -2.40. The van der Waals surface area contributed by atoms with Crippen molar-refractivity contribution in [1.82, 2.24) is 20.4 Å². The topological polar surface area (TPSA) is 128 Å². The number of alkyl halides is 1. The van der Waals surface area contributed by atoms with Gasteiger partial charge < -0.3 is 25.0 Å². The molecule has 3 amide bonds. The number of amides is 3. The van der Waals surface area contributed by atoms with Gasteiger partial charge in [-0.05, 0) is 50.9 Å². The van der Waals surface area contributed by atoms with Gasteiger partial charge in [0.05, 0.1) is 12.1 Å². The number of hydrogen-bond acceptors (Lipinski definition) is 6. The van der Waals surface area contributed by atoms with Gasteiger partial charge in [0, 0.05) is 32.1 Å². The van der Waals surface area contributed by atoms with Crippen LogP contribution in [0.1, 0.15) is 58.8 Å². The zero-order valence-corrected chi connectivity index (χ0v) is 21.6. The number of hydrogen-bond donors (Lipinski definition) is 3. The van der Waals surface area contributed by atoms with Gasteiger partial charge in [-0.3, -0.25) is 19.7 Å². The van der Waals surface area contributed by atoms with Crippen molar-refractivity contribution in [2.75, 3.05) is 26.1 Å². The summed E-state index contributed by atoms with van der Waals surface area (Å²) in [5.41, 5.74) is 0. The van der Waals surface area contributed by atoms with E-state index in [2.05, 4.69) is 10.6 Å². The van der Waals surface area contributed by atoms with Crippen LogP contribution in [0.4, 0.5) is 0 Å². The van der Waals surface area contributed by atoms with Crippen molar-refractivity contribution >= 4 is 35.3 Å². The summed E-state index contributed by atoms with van der Waals surface area (Å²) < 4.78 is 5.45. The number of likely N-dealkylation sites (tertiary alicyclic amines) is 2. The molecule has 0 unspecified atom stereocenters. The molecule has 11 heteroatoms. The molecule has 0 spiro atoms. The number of carboxylic acids is 1. The van der Waals surface area contributed by atoms with Crippen LogP contribution in [0.2, 0.25) is 0 Å². The van der Waals surface area contributed by atoms with Crippen LogP contribution in [-0.4, -0.2) is 101 Å². The zero-order chi connectivity index (χ0) is 25.7. The number of nitrogens with one attached hydrogen (secondary N) is 2. The van der Waals surface area contributed by atoms with Crippen LogP contribution < -0.4 is 10.6 Å². The van der Waals surface area contributed by atoms with Crippen LogP contribution in [0.25, 0.3) is 0 Å². The fourth-order valence-electron chi connectivity index (χ4n) is 5.49. The highest BCUT2D eigenvalue weighted by molar-refractivity contribution is 6.18. The van der Waals surface area contributed by atoms with Gasteiger partial charge in [0.1, 0.15) is 18.1 Å². The first-order valence-corrected chi connectivity index (χ1v) is 13.2. The fourth-order valence-corrected chi connectivity index (χ4v) is 5.78.